The highest BCUT2D eigenvalue weighted by molar-refractivity contribution is 6.34. The summed E-state index contributed by atoms with van der Waals surface area (Å²) in [6, 6.07) is 12.8. The Morgan fingerprint density at radius 3 is 2.27 bits per heavy atom. The number of rotatable bonds is 9. The molecule has 0 aromatic heterocycles. The summed E-state index contributed by atoms with van der Waals surface area (Å²) in [7, 11) is 1.71. The first-order valence-corrected chi connectivity index (χ1v) is 15.5. The number of aliphatic hydroxyl groups excluding tert-OH is 4. The third-order valence-electron chi connectivity index (χ3n) is 9.60. The lowest BCUT2D eigenvalue weighted by Crippen LogP contribution is -2.60. The Kier molecular flexibility index (Phi) is 9.20. The van der Waals surface area contributed by atoms with Crippen LogP contribution >= 0.6 is 11.6 Å². The van der Waals surface area contributed by atoms with Crippen molar-refractivity contribution in [2.24, 2.45) is 23.7 Å². The molecule has 0 spiro atoms. The highest BCUT2D eigenvalue weighted by Gasteiger charge is 2.47. The molecule has 2 aromatic rings. The maximum Gasteiger partial charge on any atom is 0.229 e. The van der Waals surface area contributed by atoms with Gasteiger partial charge >= 0.3 is 0 Å². The molecule has 1 heterocycles. The standard InChI is InChI=1S/C34H38ClNO8/c1-41-33(27-22-12-19-11-20(14-22)15-23(27)13-19)25-9-6-21(3-2-10-36)32(28(25)35)42-17-18-4-7-24(8-5-18)43-34-31(40)30(39)29(38)26(16-37)44-34/h2-9,19-20,22-23,26,29-31,34,37-40H,11-17H2,1H3/b3-2+,33-27?/t19?,20?,22?,23?,26?,29-,30?,31-,34+/m0/s1. The first-order valence-electron chi connectivity index (χ1n) is 15.2. The lowest BCUT2D eigenvalue weighted by molar-refractivity contribution is -0.277. The van der Waals surface area contributed by atoms with Crippen LogP contribution in [0.3, 0.4) is 0 Å². The second kappa shape index (κ2) is 13.1. The van der Waals surface area contributed by atoms with E-state index in [4.69, 9.17) is 35.8 Å². The molecule has 10 heteroatoms. The summed E-state index contributed by atoms with van der Waals surface area (Å²) in [6.07, 6.45) is 2.46. The summed E-state index contributed by atoms with van der Waals surface area (Å²) < 4.78 is 23.5. The fourth-order valence-corrected chi connectivity index (χ4v) is 8.03. The molecule has 44 heavy (non-hydrogen) atoms. The number of methoxy groups -OCH3 is 1. The predicted molar refractivity (Wildman–Crippen MR) is 162 cm³/mol. The van der Waals surface area contributed by atoms with E-state index in [-0.39, 0.29) is 6.61 Å². The molecule has 1 aliphatic heterocycles. The molecule has 4 aliphatic carbocycles. The molecule has 0 radical (unpaired) electrons. The lowest BCUT2D eigenvalue weighted by atomic mass is 9.54. The molecule has 5 aliphatic rings. The van der Waals surface area contributed by atoms with Crippen LogP contribution < -0.4 is 9.47 Å². The zero-order valence-electron chi connectivity index (χ0n) is 24.5. The molecule has 2 unspecified atom stereocenters. The Morgan fingerprint density at radius 2 is 1.66 bits per heavy atom. The van der Waals surface area contributed by atoms with Crippen molar-refractivity contribution in [1.29, 1.82) is 5.26 Å². The van der Waals surface area contributed by atoms with Gasteiger partial charge in [0.05, 0.1) is 24.8 Å². The molecule has 0 amide bonds. The molecule has 7 rings (SSSR count). The van der Waals surface area contributed by atoms with E-state index in [0.717, 1.165) is 28.7 Å². The zero-order valence-corrected chi connectivity index (χ0v) is 25.3. The van der Waals surface area contributed by atoms with Crippen LogP contribution in [0.25, 0.3) is 11.8 Å². The van der Waals surface area contributed by atoms with Gasteiger partial charge in [0.2, 0.25) is 6.29 Å². The summed E-state index contributed by atoms with van der Waals surface area (Å²) in [6.45, 7) is -0.369. The van der Waals surface area contributed by atoms with Gasteiger partial charge in [-0.2, -0.15) is 5.26 Å². The molecule has 2 aromatic carbocycles. The van der Waals surface area contributed by atoms with E-state index < -0.39 is 37.3 Å². The van der Waals surface area contributed by atoms with Gasteiger partial charge in [-0.1, -0.05) is 29.8 Å². The summed E-state index contributed by atoms with van der Waals surface area (Å²) in [5.41, 5.74) is 3.66. The number of allylic oxidation sites excluding steroid dienone is 2. The molecular weight excluding hydrogens is 586 g/mol. The Hall–Kier alpha value is -3.10. The van der Waals surface area contributed by atoms with Crippen LogP contribution in [-0.2, 0) is 16.1 Å². The van der Waals surface area contributed by atoms with Gasteiger partial charge in [-0.3, -0.25) is 0 Å². The Morgan fingerprint density at radius 1 is 0.977 bits per heavy atom. The monoisotopic (exact) mass is 623 g/mol. The Labute approximate surface area is 261 Å². The average Bonchev–Trinajstić information content (AvgIpc) is 3.02. The maximum atomic E-state index is 10.3. The zero-order chi connectivity index (χ0) is 31.0. The minimum atomic E-state index is -1.53. The van der Waals surface area contributed by atoms with Gasteiger partial charge in [-0.15, -0.1) is 0 Å². The summed E-state index contributed by atoms with van der Waals surface area (Å²) in [4.78, 5) is 0. The summed E-state index contributed by atoms with van der Waals surface area (Å²) in [5, 5.41) is 49.3. The van der Waals surface area contributed by atoms with Crippen LogP contribution in [0.1, 0.15) is 48.8 Å². The van der Waals surface area contributed by atoms with Gasteiger partial charge in [0.1, 0.15) is 48.3 Å². The highest BCUT2D eigenvalue weighted by atomic mass is 35.5. The number of ether oxygens (including phenoxy) is 4. The van der Waals surface area contributed by atoms with E-state index in [2.05, 4.69) is 0 Å². The first kappa shape index (κ1) is 30.9. The third-order valence-corrected chi connectivity index (χ3v) is 9.98. The van der Waals surface area contributed by atoms with Crippen LogP contribution in [0.5, 0.6) is 11.5 Å². The molecule has 4 bridgehead atoms. The first-order chi connectivity index (χ1) is 21.3. The Balaban J connectivity index is 1.21. The van der Waals surface area contributed by atoms with Crippen molar-refractivity contribution in [1.82, 2.24) is 0 Å². The maximum absolute atomic E-state index is 10.3. The van der Waals surface area contributed by atoms with Crippen LogP contribution in [0.15, 0.2) is 48.0 Å². The van der Waals surface area contributed by atoms with Gasteiger partial charge in [0.15, 0.2) is 0 Å². The number of hydrogen-bond acceptors (Lipinski definition) is 9. The largest absolute Gasteiger partial charge is 0.496 e. The molecule has 4 saturated carbocycles. The van der Waals surface area contributed by atoms with Crippen molar-refractivity contribution in [2.45, 2.75) is 69.4 Å². The Bertz CT molecular complexity index is 1420. The van der Waals surface area contributed by atoms with Gasteiger partial charge in [-0.05, 0) is 91.2 Å². The number of aliphatic hydroxyl groups is 4. The van der Waals surface area contributed by atoms with Gasteiger partial charge in [0.25, 0.3) is 0 Å². The lowest BCUT2D eigenvalue weighted by Gasteiger charge is -2.51. The minimum absolute atomic E-state index is 0.171. The van der Waals surface area contributed by atoms with E-state index in [9.17, 15) is 20.4 Å². The normalized spacial score (nSPS) is 32.5. The number of nitriles is 1. The average molecular weight is 624 g/mol. The summed E-state index contributed by atoms with van der Waals surface area (Å²) in [5.74, 6) is 4.35. The van der Waals surface area contributed by atoms with Crippen molar-refractivity contribution in [2.75, 3.05) is 13.7 Å². The van der Waals surface area contributed by atoms with Crippen LogP contribution in [0.4, 0.5) is 0 Å². The summed E-state index contributed by atoms with van der Waals surface area (Å²) >= 11 is 7.07. The predicted octanol–water partition coefficient (Wildman–Crippen LogP) is 4.45. The second-order valence-electron chi connectivity index (χ2n) is 12.3. The van der Waals surface area contributed by atoms with Crippen molar-refractivity contribution in [3.8, 4) is 17.6 Å². The van der Waals surface area contributed by atoms with Crippen molar-refractivity contribution >= 4 is 23.4 Å². The molecule has 4 N–H and O–H groups in total. The molecule has 5 fully saturated rings. The van der Waals surface area contributed by atoms with Gasteiger partial charge in [-0.25, -0.2) is 0 Å². The van der Waals surface area contributed by atoms with Crippen molar-refractivity contribution < 1.29 is 39.4 Å². The number of benzene rings is 2. The topological polar surface area (TPSA) is 142 Å². The van der Waals surface area contributed by atoms with E-state index in [0.29, 0.717) is 33.9 Å². The van der Waals surface area contributed by atoms with E-state index >= 15 is 0 Å². The van der Waals surface area contributed by atoms with Gasteiger partial charge < -0.3 is 39.4 Å². The van der Waals surface area contributed by atoms with E-state index in [1.165, 1.54) is 43.8 Å². The van der Waals surface area contributed by atoms with E-state index in [1.54, 1.807) is 37.5 Å². The van der Waals surface area contributed by atoms with Gasteiger partial charge in [0, 0.05) is 17.2 Å². The minimum Gasteiger partial charge on any atom is -0.496 e. The number of nitrogens with zero attached hydrogens (tertiary/aromatic N) is 1. The number of hydrogen-bond donors (Lipinski definition) is 4. The molecule has 9 nitrogen and oxygen atoms in total. The fraction of sp³-hybridized carbons (Fsp3) is 0.500. The van der Waals surface area contributed by atoms with Crippen LogP contribution in [0.2, 0.25) is 5.02 Å². The number of halogens is 1. The fourth-order valence-electron chi connectivity index (χ4n) is 7.72. The second-order valence-corrected chi connectivity index (χ2v) is 12.7. The highest BCUT2D eigenvalue weighted by Crippen LogP contribution is 2.58. The van der Waals surface area contributed by atoms with E-state index in [1.807, 2.05) is 18.2 Å². The third kappa shape index (κ3) is 5.95. The molecule has 5 atom stereocenters. The smallest absolute Gasteiger partial charge is 0.229 e. The van der Waals surface area contributed by atoms with Crippen molar-refractivity contribution in [3.63, 3.8) is 0 Å². The van der Waals surface area contributed by atoms with Crippen LogP contribution in [0, 0.1) is 35.0 Å². The molecule has 234 valence electrons. The molecular formula is C34H38ClNO8. The quantitative estimate of drug-likeness (QED) is 0.235. The molecule has 1 saturated heterocycles. The van der Waals surface area contributed by atoms with Crippen molar-refractivity contribution in [3.05, 3.63) is 69.8 Å². The SMILES string of the molecule is COC(=C1C2CC3CC(C2)CC1C3)c1ccc(/C=C/C#N)c(OCc2ccc(O[C@@H]3OC(CO)[C@H](O)C(O)[C@@H]3O)cc2)c1Cl. The van der Waals surface area contributed by atoms with Crippen LogP contribution in [-0.4, -0.2) is 64.8 Å².